The molecule has 0 fully saturated rings. The van der Waals surface area contributed by atoms with Crippen LogP contribution in [0, 0.1) is 5.92 Å². The first-order valence-electron chi connectivity index (χ1n) is 13.2. The lowest BCUT2D eigenvalue weighted by atomic mass is 9.95. The summed E-state index contributed by atoms with van der Waals surface area (Å²) in [6, 6.07) is 4.96. The van der Waals surface area contributed by atoms with Crippen LogP contribution in [-0.4, -0.2) is 69.8 Å². The number of nitrogens with zero attached hydrogens (tertiary/aromatic N) is 3. The van der Waals surface area contributed by atoms with Crippen molar-refractivity contribution < 1.29 is 24.0 Å². The van der Waals surface area contributed by atoms with Gasteiger partial charge in [0.15, 0.2) is 0 Å². The molecule has 39 heavy (non-hydrogen) atoms. The molecule has 0 saturated carbocycles. The third-order valence-electron chi connectivity index (χ3n) is 7.63. The lowest BCUT2D eigenvalue weighted by molar-refractivity contribution is -0.143. The Balaban J connectivity index is 1.56. The average molecular weight is 538 g/mol. The van der Waals surface area contributed by atoms with E-state index in [2.05, 4.69) is 20.8 Å². The van der Waals surface area contributed by atoms with Gasteiger partial charge in [0.05, 0.1) is 17.9 Å². The topological polar surface area (TPSA) is 171 Å². The van der Waals surface area contributed by atoms with E-state index in [0.717, 1.165) is 22.5 Å². The highest BCUT2D eigenvalue weighted by molar-refractivity contribution is 6.08. The molecule has 5 N–H and O–H groups in total. The first-order valence-corrected chi connectivity index (χ1v) is 13.2. The van der Waals surface area contributed by atoms with Crippen LogP contribution < -0.4 is 21.3 Å². The van der Waals surface area contributed by atoms with Gasteiger partial charge in [-0.1, -0.05) is 38.5 Å². The molecule has 5 amide bonds. The molecule has 2 unspecified atom stereocenters. The number of aromatic amines is 1. The lowest BCUT2D eigenvalue weighted by Crippen LogP contribution is -2.58. The molecule has 12 nitrogen and oxygen atoms in total. The Bertz CT molecular complexity index is 1260. The largest absolute Gasteiger partial charge is 0.369 e. The number of carbonyl (C=O) groups is 5. The molecule has 0 bridgehead atoms. The summed E-state index contributed by atoms with van der Waals surface area (Å²) in [7, 11) is 1.46. The number of nitrogens with two attached hydrogens (primary N) is 1. The Labute approximate surface area is 226 Å². The van der Waals surface area contributed by atoms with Crippen LogP contribution >= 0.6 is 0 Å². The van der Waals surface area contributed by atoms with Crippen molar-refractivity contribution in [3.63, 3.8) is 0 Å². The van der Waals surface area contributed by atoms with Gasteiger partial charge in [0, 0.05) is 19.7 Å². The van der Waals surface area contributed by atoms with E-state index in [4.69, 9.17) is 5.73 Å². The Morgan fingerprint density at radius 3 is 2.64 bits per heavy atom. The van der Waals surface area contributed by atoms with E-state index in [1.807, 2.05) is 32.0 Å². The third kappa shape index (κ3) is 5.79. The molecular weight excluding hydrogens is 502 g/mol. The van der Waals surface area contributed by atoms with Crippen molar-refractivity contribution in [1.29, 1.82) is 0 Å². The molecule has 4 atom stereocenters. The van der Waals surface area contributed by atoms with Crippen molar-refractivity contribution in [2.45, 2.75) is 70.6 Å². The molecule has 0 radical (unpaired) electrons. The minimum Gasteiger partial charge on any atom is -0.369 e. The number of rotatable bonds is 10. The Hall–Kier alpha value is -4.22. The molecule has 12 heteroatoms. The first kappa shape index (κ1) is 27.8. The minimum absolute atomic E-state index is 0.239. The molecule has 0 spiro atoms. The van der Waals surface area contributed by atoms with Gasteiger partial charge in [-0.2, -0.15) is 5.10 Å². The number of nitrogens with one attached hydrogen (secondary N) is 3. The number of H-pyrrole nitrogens is 1. The molecular formula is C27H35N7O5. The molecule has 3 heterocycles. The molecule has 1 aromatic heterocycles. The van der Waals surface area contributed by atoms with E-state index in [1.54, 1.807) is 12.3 Å². The van der Waals surface area contributed by atoms with Gasteiger partial charge in [0.1, 0.15) is 24.5 Å². The smallest absolute Gasteiger partial charge is 0.250 e. The summed E-state index contributed by atoms with van der Waals surface area (Å²) in [6.45, 7) is 3.96. The fourth-order valence-corrected chi connectivity index (χ4v) is 5.38. The van der Waals surface area contributed by atoms with Crippen LogP contribution in [0.5, 0.6) is 0 Å². The molecule has 1 aromatic carbocycles. The number of aromatic nitrogens is 2. The lowest BCUT2D eigenvalue weighted by Gasteiger charge is -2.33. The van der Waals surface area contributed by atoms with Crippen LogP contribution in [-0.2, 0) is 43.4 Å². The van der Waals surface area contributed by atoms with Crippen molar-refractivity contribution >= 4 is 35.2 Å². The molecule has 0 saturated heterocycles. The number of primary amides is 1. The highest BCUT2D eigenvalue weighted by Gasteiger charge is 2.44. The fourth-order valence-electron chi connectivity index (χ4n) is 5.38. The number of benzene rings is 1. The number of likely N-dealkylation sites (N-methyl/N-ethyl adjacent to an activating group) is 1. The van der Waals surface area contributed by atoms with Gasteiger partial charge >= 0.3 is 0 Å². The maximum absolute atomic E-state index is 13.9. The predicted molar refractivity (Wildman–Crippen MR) is 142 cm³/mol. The maximum atomic E-state index is 13.9. The van der Waals surface area contributed by atoms with E-state index in [0.29, 0.717) is 25.7 Å². The Kier molecular flexibility index (Phi) is 8.32. The summed E-state index contributed by atoms with van der Waals surface area (Å²) in [5.74, 6) is -2.77. The number of carbonyl (C=O) groups excluding carboxylic acids is 5. The summed E-state index contributed by atoms with van der Waals surface area (Å²) >= 11 is 0. The third-order valence-corrected chi connectivity index (χ3v) is 7.63. The van der Waals surface area contributed by atoms with E-state index in [9.17, 15) is 24.0 Å². The van der Waals surface area contributed by atoms with Crippen LogP contribution in [0.4, 0.5) is 5.69 Å². The summed E-state index contributed by atoms with van der Waals surface area (Å²) in [5, 5.41) is 12.4. The molecule has 208 valence electrons. The van der Waals surface area contributed by atoms with Crippen LogP contribution in [0.15, 0.2) is 30.5 Å². The molecule has 2 aliphatic heterocycles. The second kappa shape index (κ2) is 11.7. The fraction of sp³-hybridized carbons (Fsp3) is 0.481. The number of para-hydroxylation sites is 1. The van der Waals surface area contributed by atoms with Gasteiger partial charge in [0.2, 0.25) is 29.5 Å². The molecule has 0 aliphatic carbocycles. The zero-order chi connectivity index (χ0) is 28.3. The highest BCUT2D eigenvalue weighted by atomic mass is 16.2. The van der Waals surface area contributed by atoms with Crippen molar-refractivity contribution in [2.75, 3.05) is 11.9 Å². The van der Waals surface area contributed by atoms with Gasteiger partial charge in [-0.25, -0.2) is 0 Å². The summed E-state index contributed by atoms with van der Waals surface area (Å²) < 4.78 is 0. The Morgan fingerprint density at radius 2 is 1.97 bits per heavy atom. The van der Waals surface area contributed by atoms with Crippen molar-refractivity contribution in [3.05, 3.63) is 47.3 Å². The second-order valence-corrected chi connectivity index (χ2v) is 10.2. The molecule has 2 aromatic rings. The zero-order valence-corrected chi connectivity index (χ0v) is 22.4. The monoisotopic (exact) mass is 537 g/mol. The van der Waals surface area contributed by atoms with E-state index in [-0.39, 0.29) is 24.3 Å². The van der Waals surface area contributed by atoms with Crippen LogP contribution in [0.1, 0.15) is 49.9 Å². The average Bonchev–Trinajstić information content (AvgIpc) is 3.54. The second-order valence-electron chi connectivity index (χ2n) is 10.2. The van der Waals surface area contributed by atoms with Crippen molar-refractivity contribution in [3.8, 4) is 0 Å². The quantitative estimate of drug-likeness (QED) is 0.315. The van der Waals surface area contributed by atoms with Gasteiger partial charge in [-0.15, -0.1) is 0 Å². The van der Waals surface area contributed by atoms with Crippen molar-refractivity contribution in [1.82, 2.24) is 25.7 Å². The summed E-state index contributed by atoms with van der Waals surface area (Å²) in [4.78, 5) is 67.4. The number of hydrogen-bond donors (Lipinski definition) is 4. The maximum Gasteiger partial charge on any atom is 0.250 e. The van der Waals surface area contributed by atoms with Gasteiger partial charge in [0.25, 0.3) is 0 Å². The van der Waals surface area contributed by atoms with E-state index >= 15 is 0 Å². The predicted octanol–water partition coefficient (Wildman–Crippen LogP) is 0.163. The zero-order valence-electron chi connectivity index (χ0n) is 22.4. The molecule has 2 aliphatic rings. The van der Waals surface area contributed by atoms with Crippen LogP contribution in [0.3, 0.4) is 0 Å². The molecule has 4 rings (SSSR count). The van der Waals surface area contributed by atoms with Gasteiger partial charge in [-0.3, -0.25) is 34.0 Å². The normalized spacial score (nSPS) is 19.5. The van der Waals surface area contributed by atoms with Gasteiger partial charge in [-0.05, 0) is 36.0 Å². The number of amides is 5. The highest BCUT2D eigenvalue weighted by Crippen LogP contribution is 2.39. The van der Waals surface area contributed by atoms with E-state index in [1.165, 1.54) is 16.8 Å². The number of hydrogen-bond acceptors (Lipinski definition) is 6. The number of aryl methyl sites for hydroxylation is 1. The van der Waals surface area contributed by atoms with Crippen molar-refractivity contribution in [2.24, 2.45) is 11.7 Å². The minimum atomic E-state index is -0.900. The number of anilines is 1. The summed E-state index contributed by atoms with van der Waals surface area (Å²) in [5.41, 5.74) is 8.50. The van der Waals surface area contributed by atoms with Crippen LogP contribution in [0.2, 0.25) is 0 Å². The van der Waals surface area contributed by atoms with Crippen LogP contribution in [0.25, 0.3) is 0 Å². The standard InChI is InChI=1S/C27H35N7O5/c1-4-15(2)23(33(3)22(36)13-21(28)35)26(38)31-19-9-8-16-6-5-7-17-12-20(34(24(16)17)27(19)39)25(37)29-14-18-10-11-30-32-18/h5-7,10-11,15,19-20,23H,4,8-9,12-14H2,1-3H3,(H2,28,35)(H,29,37)(H,30,32)(H,31,38)/t15-,19?,20?,23-/m0/s1. The SMILES string of the molecule is CC[C@H](C)[C@@H](C(=O)NC1CCc2cccc3c2N(C1=O)C(C(=O)NCc1ccn[nH]1)C3)N(C)C(=O)CC(N)=O. The van der Waals surface area contributed by atoms with Gasteiger partial charge < -0.3 is 21.3 Å². The first-order chi connectivity index (χ1) is 18.6. The summed E-state index contributed by atoms with van der Waals surface area (Å²) in [6.07, 6.45) is 2.90. The van der Waals surface area contributed by atoms with E-state index < -0.39 is 42.3 Å². The Morgan fingerprint density at radius 1 is 1.23 bits per heavy atom.